The number of rotatable bonds is 5. The Balaban J connectivity index is 1.70. The summed E-state index contributed by atoms with van der Waals surface area (Å²) < 4.78 is 0. The van der Waals surface area contributed by atoms with Crippen LogP contribution < -0.4 is 5.73 Å². The van der Waals surface area contributed by atoms with Crippen molar-refractivity contribution in [1.29, 1.82) is 0 Å². The first-order valence-corrected chi connectivity index (χ1v) is 13.0. The molecule has 1 amide bonds. The third kappa shape index (κ3) is 3.94. The molecule has 0 aromatic heterocycles. The highest BCUT2D eigenvalue weighted by molar-refractivity contribution is 6.24. The van der Waals surface area contributed by atoms with Crippen LogP contribution in [0.2, 0.25) is 0 Å². The number of aliphatic hydroxyl groups is 3. The van der Waals surface area contributed by atoms with E-state index < -0.39 is 58.0 Å². The summed E-state index contributed by atoms with van der Waals surface area (Å²) in [4.78, 5) is 42.9. The average Bonchev–Trinajstić information content (AvgIpc) is 2.85. The molecule has 0 heterocycles. The molecule has 0 saturated heterocycles. The molecule has 3 aliphatic carbocycles. The quantitative estimate of drug-likeness (QED) is 0.350. The molecule has 1 saturated carbocycles. The zero-order chi connectivity index (χ0) is 29.3. The highest BCUT2D eigenvalue weighted by Crippen LogP contribution is 2.53. The zero-order valence-corrected chi connectivity index (χ0v) is 22.8. The summed E-state index contributed by atoms with van der Waals surface area (Å²) in [5.41, 5.74) is 5.15. The molecule has 2 aromatic carbocycles. The van der Waals surface area contributed by atoms with E-state index in [1.807, 2.05) is 43.3 Å². The second-order valence-corrected chi connectivity index (χ2v) is 11.4. The number of Topliss-reactive ketones (excluding diaryl/α,β-unsaturated/α-hetero) is 2. The predicted octanol–water partition coefficient (Wildman–Crippen LogP) is 1.69. The van der Waals surface area contributed by atoms with Crippen molar-refractivity contribution in [3.05, 3.63) is 70.0 Å². The van der Waals surface area contributed by atoms with Gasteiger partial charge in [0.25, 0.3) is 5.91 Å². The van der Waals surface area contributed by atoms with Crippen molar-refractivity contribution in [1.82, 2.24) is 9.80 Å². The molecule has 0 unspecified atom stereocenters. The van der Waals surface area contributed by atoms with E-state index in [0.717, 1.165) is 16.7 Å². The monoisotopic (exact) mass is 547 g/mol. The number of aromatic hydroxyl groups is 1. The number of carbonyl (C=O) groups excluding carboxylic acids is 3. The van der Waals surface area contributed by atoms with Crippen LogP contribution in [-0.4, -0.2) is 87.5 Å². The van der Waals surface area contributed by atoms with Gasteiger partial charge in [-0.15, -0.1) is 0 Å². The Labute approximate surface area is 231 Å². The Morgan fingerprint density at radius 1 is 1.07 bits per heavy atom. The van der Waals surface area contributed by atoms with E-state index in [9.17, 15) is 34.8 Å². The van der Waals surface area contributed by atoms with Gasteiger partial charge in [-0.1, -0.05) is 24.3 Å². The molecular formula is C30H33N3O7. The van der Waals surface area contributed by atoms with Crippen LogP contribution in [0.25, 0.3) is 16.9 Å². The highest BCUT2D eigenvalue weighted by Gasteiger charge is 2.64. The molecule has 4 atom stereocenters. The summed E-state index contributed by atoms with van der Waals surface area (Å²) in [5.74, 6) is -6.64. The number of fused-ring (bicyclic) bond motifs is 3. The minimum Gasteiger partial charge on any atom is -0.508 e. The maximum absolute atomic E-state index is 14.0. The van der Waals surface area contributed by atoms with E-state index in [1.54, 1.807) is 20.2 Å². The molecule has 0 spiro atoms. The number of benzene rings is 2. The number of carbonyl (C=O) groups is 3. The van der Waals surface area contributed by atoms with Gasteiger partial charge in [0, 0.05) is 18.0 Å². The molecule has 3 aliphatic rings. The van der Waals surface area contributed by atoms with Gasteiger partial charge < -0.3 is 31.1 Å². The fraction of sp³-hybridized carbons (Fsp3) is 0.367. The van der Waals surface area contributed by atoms with Gasteiger partial charge in [-0.25, -0.2) is 0 Å². The first-order chi connectivity index (χ1) is 18.8. The van der Waals surface area contributed by atoms with Crippen molar-refractivity contribution in [3.8, 4) is 16.9 Å². The van der Waals surface area contributed by atoms with Crippen LogP contribution in [0.3, 0.4) is 0 Å². The maximum Gasteiger partial charge on any atom is 0.255 e. The molecule has 0 bridgehead atoms. The minimum atomic E-state index is -2.65. The van der Waals surface area contributed by atoms with Crippen molar-refractivity contribution >= 4 is 23.2 Å². The van der Waals surface area contributed by atoms with Crippen LogP contribution in [0, 0.1) is 11.8 Å². The van der Waals surface area contributed by atoms with Gasteiger partial charge in [0.2, 0.25) is 5.78 Å². The lowest BCUT2D eigenvalue weighted by molar-refractivity contribution is -0.153. The molecule has 10 nitrogen and oxygen atoms in total. The lowest BCUT2D eigenvalue weighted by Gasteiger charge is -2.50. The summed E-state index contributed by atoms with van der Waals surface area (Å²) >= 11 is 0. The molecule has 210 valence electrons. The van der Waals surface area contributed by atoms with E-state index in [2.05, 4.69) is 0 Å². The summed E-state index contributed by atoms with van der Waals surface area (Å²) in [6.07, 6.45) is 0.276. The Kier molecular flexibility index (Phi) is 6.60. The van der Waals surface area contributed by atoms with Crippen LogP contribution in [0.15, 0.2) is 53.3 Å². The molecule has 5 rings (SSSR count). The molecule has 0 aliphatic heterocycles. The number of phenols is 1. The fourth-order valence-electron chi connectivity index (χ4n) is 6.72. The molecule has 0 radical (unpaired) electrons. The van der Waals surface area contributed by atoms with Gasteiger partial charge in [0.05, 0.1) is 11.6 Å². The highest BCUT2D eigenvalue weighted by atomic mass is 16.3. The van der Waals surface area contributed by atoms with Gasteiger partial charge in [-0.2, -0.15) is 0 Å². The number of primary amides is 1. The number of nitrogens with two attached hydrogens (primary N) is 1. The van der Waals surface area contributed by atoms with Crippen LogP contribution in [0.1, 0.15) is 23.1 Å². The van der Waals surface area contributed by atoms with Gasteiger partial charge in [0.15, 0.2) is 11.4 Å². The Morgan fingerprint density at radius 2 is 1.77 bits per heavy atom. The smallest absolute Gasteiger partial charge is 0.255 e. The Morgan fingerprint density at radius 3 is 2.40 bits per heavy atom. The number of aliphatic hydroxyl groups excluding tert-OH is 2. The minimum absolute atomic E-state index is 0.0432. The summed E-state index contributed by atoms with van der Waals surface area (Å²) in [6, 6.07) is 9.99. The fourth-order valence-corrected chi connectivity index (χ4v) is 6.72. The lowest BCUT2D eigenvalue weighted by atomic mass is 9.57. The number of amides is 1. The third-order valence-electron chi connectivity index (χ3n) is 8.34. The van der Waals surface area contributed by atoms with Gasteiger partial charge >= 0.3 is 0 Å². The van der Waals surface area contributed by atoms with Gasteiger partial charge in [-0.05, 0) is 81.3 Å². The number of likely N-dealkylation sites (N-methyl/N-ethyl adjacent to an activating group) is 1. The molecular weight excluding hydrogens is 514 g/mol. The first-order valence-electron chi connectivity index (χ1n) is 13.0. The van der Waals surface area contributed by atoms with E-state index >= 15 is 0 Å². The molecule has 2 aromatic rings. The predicted molar refractivity (Wildman–Crippen MR) is 147 cm³/mol. The zero-order valence-electron chi connectivity index (χ0n) is 22.8. The SMILES string of the molecule is CN(C)Cc1cccc(-c2ccc(O)c3c2C[C@H]2C[C@H]4[C@@H](N(C)C)C(=O)C(C(N)=O)=C(O)[C@@]4(O)C(=O)C2=C3O)c1. The molecule has 6 N–H and O–H groups in total. The Hall–Kier alpha value is -3.99. The van der Waals surface area contributed by atoms with Crippen LogP contribution in [0.5, 0.6) is 5.75 Å². The van der Waals surface area contributed by atoms with Crippen LogP contribution in [0.4, 0.5) is 0 Å². The first kappa shape index (κ1) is 27.6. The van der Waals surface area contributed by atoms with E-state index in [0.29, 0.717) is 12.1 Å². The van der Waals surface area contributed by atoms with Crippen molar-refractivity contribution in [2.45, 2.75) is 31.0 Å². The second kappa shape index (κ2) is 9.58. The topological polar surface area (TPSA) is 165 Å². The van der Waals surface area contributed by atoms with Crippen LogP contribution >= 0.6 is 0 Å². The lowest BCUT2D eigenvalue weighted by Crippen LogP contribution is -2.65. The third-order valence-corrected chi connectivity index (χ3v) is 8.34. The standard InChI is InChI=1S/C30H33N3O7/c1-32(2)13-14-6-5-7-15(10-14)17-8-9-20(34)22-18(17)11-16-12-19-24(33(3)4)26(36)23(29(31)39)28(38)30(19,40)27(37)21(16)25(22)35/h5-10,16,19,24,34-35,38,40H,11-13H2,1-4H3,(H2,31,39)/t16-,19-,24+,30-/m0/s1. The van der Waals surface area contributed by atoms with Crippen molar-refractivity contribution in [2.75, 3.05) is 28.2 Å². The normalized spacial score (nSPS) is 26.2. The summed E-state index contributed by atoms with van der Waals surface area (Å²) in [5, 5.41) is 45.0. The van der Waals surface area contributed by atoms with Gasteiger partial charge in [0.1, 0.15) is 22.8 Å². The summed E-state index contributed by atoms with van der Waals surface area (Å²) in [7, 11) is 7.09. The maximum atomic E-state index is 14.0. The second-order valence-electron chi connectivity index (χ2n) is 11.4. The van der Waals surface area contributed by atoms with E-state index in [4.69, 9.17) is 5.73 Å². The van der Waals surface area contributed by atoms with Crippen molar-refractivity contribution in [3.63, 3.8) is 0 Å². The number of hydrogen-bond acceptors (Lipinski definition) is 9. The summed E-state index contributed by atoms with van der Waals surface area (Å²) in [6.45, 7) is 0.713. The van der Waals surface area contributed by atoms with E-state index in [1.165, 1.54) is 11.0 Å². The number of nitrogens with zero attached hydrogens (tertiary/aromatic N) is 2. The average molecular weight is 548 g/mol. The van der Waals surface area contributed by atoms with Gasteiger partial charge in [-0.3, -0.25) is 19.3 Å². The molecule has 10 heteroatoms. The molecule has 1 fully saturated rings. The largest absolute Gasteiger partial charge is 0.508 e. The number of hydrogen-bond donors (Lipinski definition) is 5. The number of ketones is 2. The van der Waals surface area contributed by atoms with Crippen molar-refractivity contribution in [2.24, 2.45) is 17.6 Å². The van der Waals surface area contributed by atoms with Crippen molar-refractivity contribution < 1.29 is 34.8 Å². The van der Waals surface area contributed by atoms with Crippen LogP contribution in [-0.2, 0) is 27.3 Å². The van der Waals surface area contributed by atoms with E-state index in [-0.39, 0.29) is 29.7 Å². The molecule has 40 heavy (non-hydrogen) atoms. The Bertz CT molecular complexity index is 1520. The number of phenolic OH excluding ortho intramolecular Hbond substituents is 1.